The largest absolute Gasteiger partial charge is 0.310 e. The van der Waals surface area contributed by atoms with Crippen LogP contribution in [0.3, 0.4) is 0 Å². The molecule has 1 fully saturated rings. The number of benzene rings is 1. The molecule has 1 saturated carbocycles. The number of carbonyl (C=O) groups excluding carboxylic acids is 3. The summed E-state index contributed by atoms with van der Waals surface area (Å²) in [5.41, 5.74) is 1.89. The number of fused-ring (bicyclic) bond motifs is 3. The van der Waals surface area contributed by atoms with Gasteiger partial charge in [0, 0.05) is 23.5 Å². The van der Waals surface area contributed by atoms with Crippen molar-refractivity contribution in [3.05, 3.63) is 82.1 Å². The van der Waals surface area contributed by atoms with Crippen LogP contribution >= 0.6 is 11.6 Å². The highest BCUT2D eigenvalue weighted by molar-refractivity contribution is 6.35. The lowest BCUT2D eigenvalue weighted by atomic mass is 9.79. The number of anilines is 2. The normalized spacial score (nSPS) is 22.3. The maximum absolute atomic E-state index is 13.7. The number of pyridine rings is 2. The molecule has 2 spiro atoms. The van der Waals surface area contributed by atoms with E-state index < -0.39 is 11.0 Å². The molecule has 2 aromatic heterocycles. The van der Waals surface area contributed by atoms with E-state index in [4.69, 9.17) is 16.6 Å². The monoisotopic (exact) mass is 554 g/mol. The van der Waals surface area contributed by atoms with Gasteiger partial charge in [0.25, 0.3) is 5.91 Å². The molecule has 1 atom stereocenters. The zero-order valence-corrected chi connectivity index (χ0v) is 22.5. The van der Waals surface area contributed by atoms with E-state index in [2.05, 4.69) is 20.6 Å². The lowest BCUT2D eigenvalue weighted by molar-refractivity contribution is -0.134. The van der Waals surface area contributed by atoms with Gasteiger partial charge in [0.1, 0.15) is 29.6 Å². The minimum Gasteiger partial charge on any atom is -0.310 e. The summed E-state index contributed by atoms with van der Waals surface area (Å²) in [6, 6.07) is 12.8. The Morgan fingerprint density at radius 3 is 2.65 bits per heavy atom. The number of nitrogens with zero attached hydrogens (tertiary/aromatic N) is 4. The van der Waals surface area contributed by atoms with Gasteiger partial charge in [-0.05, 0) is 61.1 Å². The number of hydrogen-bond acceptors (Lipinski definition) is 6. The Hall–Kier alpha value is -4.11. The van der Waals surface area contributed by atoms with E-state index in [1.807, 2.05) is 36.4 Å². The van der Waals surface area contributed by atoms with Gasteiger partial charge in [0.2, 0.25) is 11.8 Å². The Bertz CT molecular complexity index is 1610. The van der Waals surface area contributed by atoms with Gasteiger partial charge in [-0.15, -0.1) is 0 Å². The number of nitrogens with one attached hydrogen (secondary N) is 2. The molecule has 202 valence electrons. The molecular formula is C30H27ClN6O3. The molecular weight excluding hydrogens is 528 g/mol. The maximum atomic E-state index is 13.7. The number of hydrogen-bond donors (Lipinski definition) is 2. The third kappa shape index (κ3) is 3.83. The average Bonchev–Trinajstić information content (AvgIpc) is 3.56. The molecule has 2 aliphatic carbocycles. The molecule has 9 nitrogen and oxygen atoms in total. The van der Waals surface area contributed by atoms with Crippen molar-refractivity contribution in [2.45, 2.75) is 55.9 Å². The first-order valence-electron chi connectivity index (χ1n) is 13.6. The van der Waals surface area contributed by atoms with Crippen LogP contribution in [0.1, 0.15) is 54.4 Å². The molecule has 0 radical (unpaired) electrons. The molecule has 4 heterocycles. The topological polar surface area (TPSA) is 117 Å². The molecule has 7 rings (SSSR count). The fourth-order valence-corrected chi connectivity index (χ4v) is 6.88. The minimum atomic E-state index is -0.833. The molecule has 3 aromatic rings. The van der Waals surface area contributed by atoms with Crippen LogP contribution in [0, 0.1) is 0 Å². The summed E-state index contributed by atoms with van der Waals surface area (Å²) < 4.78 is 0. The zero-order valence-electron chi connectivity index (χ0n) is 21.7. The first-order valence-corrected chi connectivity index (χ1v) is 14.0. The van der Waals surface area contributed by atoms with Gasteiger partial charge < -0.3 is 10.6 Å². The third-order valence-electron chi connectivity index (χ3n) is 8.64. The lowest BCUT2D eigenvalue weighted by Crippen LogP contribution is -2.46. The summed E-state index contributed by atoms with van der Waals surface area (Å²) in [4.78, 5) is 55.2. The van der Waals surface area contributed by atoms with Crippen molar-refractivity contribution in [3.8, 4) is 0 Å². The fraction of sp³-hybridized carbons (Fsp3) is 0.333. The van der Waals surface area contributed by atoms with E-state index in [-0.39, 0.29) is 24.3 Å². The molecule has 2 aliphatic heterocycles. The molecule has 0 unspecified atom stereocenters. The molecule has 10 heteroatoms. The van der Waals surface area contributed by atoms with Crippen LogP contribution in [0.5, 0.6) is 0 Å². The quantitative estimate of drug-likeness (QED) is 0.505. The van der Waals surface area contributed by atoms with Crippen molar-refractivity contribution in [2.75, 3.05) is 17.2 Å². The van der Waals surface area contributed by atoms with Crippen molar-refractivity contribution in [1.29, 1.82) is 0 Å². The van der Waals surface area contributed by atoms with Crippen LogP contribution in [0.4, 0.5) is 11.6 Å². The van der Waals surface area contributed by atoms with Gasteiger partial charge >= 0.3 is 0 Å². The molecule has 2 N–H and O–H groups in total. The van der Waals surface area contributed by atoms with Crippen molar-refractivity contribution in [1.82, 2.24) is 14.9 Å². The van der Waals surface area contributed by atoms with Crippen LogP contribution in [0.25, 0.3) is 0 Å². The van der Waals surface area contributed by atoms with E-state index in [1.165, 1.54) is 4.90 Å². The van der Waals surface area contributed by atoms with E-state index in [0.29, 0.717) is 53.7 Å². The van der Waals surface area contributed by atoms with Crippen molar-refractivity contribution < 1.29 is 14.4 Å². The smallest absolute Gasteiger partial charge is 0.256 e. The highest BCUT2D eigenvalue weighted by Gasteiger charge is 2.52. The summed E-state index contributed by atoms with van der Waals surface area (Å²) in [5.74, 6) is 0.814. The van der Waals surface area contributed by atoms with Gasteiger partial charge in [-0.3, -0.25) is 24.3 Å². The van der Waals surface area contributed by atoms with E-state index in [9.17, 15) is 14.4 Å². The summed E-state index contributed by atoms with van der Waals surface area (Å²) >= 11 is 6.50. The number of aromatic nitrogens is 2. The number of amidine groups is 1. The highest BCUT2D eigenvalue weighted by atomic mass is 35.5. The standard InChI is InChI=1S/C30H27ClN6O3/c31-22-9-3-2-7-20(22)26-36-30(10-4-1-5-11-30)28(40)37(26)17-24(38)34-23-13-18-14-29(15-19(18)16-33-23)21-8-6-12-32-25(21)35-27(29)39/h2-3,6-9,12-13,16H,1,4-5,10-11,14-15,17H2,(H,32,35,39)(H,33,34,38)/t29-/m0/s1. The second kappa shape index (κ2) is 9.23. The van der Waals surface area contributed by atoms with Gasteiger partial charge in [-0.1, -0.05) is 49.1 Å². The summed E-state index contributed by atoms with van der Waals surface area (Å²) in [5, 5.41) is 6.25. The molecule has 0 saturated heterocycles. The van der Waals surface area contributed by atoms with Crippen LogP contribution in [0.2, 0.25) is 5.02 Å². The summed E-state index contributed by atoms with van der Waals surface area (Å²) in [7, 11) is 0. The Morgan fingerprint density at radius 2 is 1.82 bits per heavy atom. The molecule has 4 aliphatic rings. The van der Waals surface area contributed by atoms with Crippen LogP contribution in [0.15, 0.2) is 59.9 Å². The predicted octanol–water partition coefficient (Wildman–Crippen LogP) is 4.05. The molecule has 3 amide bonds. The molecule has 0 bridgehead atoms. The van der Waals surface area contributed by atoms with Crippen molar-refractivity contribution in [3.63, 3.8) is 0 Å². The maximum Gasteiger partial charge on any atom is 0.256 e. The summed E-state index contributed by atoms with van der Waals surface area (Å²) in [6.45, 7) is -0.200. The van der Waals surface area contributed by atoms with Crippen LogP contribution in [-0.2, 0) is 32.6 Å². The first-order chi connectivity index (χ1) is 19.4. The van der Waals surface area contributed by atoms with Gasteiger partial charge in [0.15, 0.2) is 0 Å². The molecule has 1 aromatic carbocycles. The number of aliphatic imine (C=N–C) groups is 1. The van der Waals surface area contributed by atoms with Gasteiger partial charge in [-0.2, -0.15) is 0 Å². The summed E-state index contributed by atoms with van der Waals surface area (Å²) in [6.07, 6.45) is 8.64. The Morgan fingerprint density at radius 1 is 1.02 bits per heavy atom. The number of amides is 3. The number of halogens is 1. The predicted molar refractivity (Wildman–Crippen MR) is 150 cm³/mol. The highest BCUT2D eigenvalue weighted by Crippen LogP contribution is 2.46. The fourth-order valence-electron chi connectivity index (χ4n) is 6.66. The average molecular weight is 555 g/mol. The first kappa shape index (κ1) is 24.9. The third-order valence-corrected chi connectivity index (χ3v) is 8.97. The van der Waals surface area contributed by atoms with E-state index in [1.54, 1.807) is 18.5 Å². The van der Waals surface area contributed by atoms with E-state index >= 15 is 0 Å². The van der Waals surface area contributed by atoms with Crippen LogP contribution < -0.4 is 10.6 Å². The molecule has 40 heavy (non-hydrogen) atoms. The number of rotatable bonds is 4. The Balaban J connectivity index is 1.12. The van der Waals surface area contributed by atoms with Crippen molar-refractivity contribution >= 4 is 46.8 Å². The second-order valence-electron chi connectivity index (χ2n) is 11.1. The SMILES string of the molecule is O=C(CN1C(=O)C2(CCCCC2)N=C1c1ccccc1Cl)Nc1cc2c(cn1)C[C@]1(C2)C(=O)Nc2ncccc21. The minimum absolute atomic E-state index is 0.0708. The number of carbonyl (C=O) groups is 3. The second-order valence-corrected chi connectivity index (χ2v) is 11.5. The Kier molecular flexibility index (Phi) is 5.75. The van der Waals surface area contributed by atoms with Crippen LogP contribution in [-0.4, -0.2) is 50.5 Å². The zero-order chi connectivity index (χ0) is 27.5. The van der Waals surface area contributed by atoms with E-state index in [0.717, 1.165) is 36.0 Å². The van der Waals surface area contributed by atoms with Gasteiger partial charge in [0.05, 0.1) is 10.4 Å². The lowest BCUT2D eigenvalue weighted by Gasteiger charge is -2.29. The van der Waals surface area contributed by atoms with Crippen molar-refractivity contribution in [2.24, 2.45) is 4.99 Å². The van der Waals surface area contributed by atoms with Gasteiger partial charge in [-0.25, -0.2) is 9.97 Å². The Labute approximate surface area is 236 Å².